The lowest BCUT2D eigenvalue weighted by atomic mass is 9.99. The molecule has 13 heavy (non-hydrogen) atoms. The highest BCUT2D eigenvalue weighted by molar-refractivity contribution is 5.94. The standard InChI is InChI=1S/C9H14N2O2/c1-5-9(6-2,8(13)10-4)11-7(3)12/h5-6H,1-2H2,3-4H3,(H,10,13)(H,11,12). The number of hydrogen-bond donors (Lipinski definition) is 2. The Hall–Kier alpha value is -1.58. The van der Waals surface area contributed by atoms with E-state index in [9.17, 15) is 9.59 Å². The maximum Gasteiger partial charge on any atom is 0.253 e. The molecule has 0 aromatic rings. The van der Waals surface area contributed by atoms with Gasteiger partial charge in [-0.05, 0) is 0 Å². The minimum Gasteiger partial charge on any atom is -0.357 e. The van der Waals surface area contributed by atoms with Crippen molar-refractivity contribution in [1.29, 1.82) is 0 Å². The van der Waals surface area contributed by atoms with E-state index < -0.39 is 5.54 Å². The van der Waals surface area contributed by atoms with Crippen molar-refractivity contribution < 1.29 is 9.59 Å². The van der Waals surface area contributed by atoms with Gasteiger partial charge in [-0.3, -0.25) is 9.59 Å². The number of likely N-dealkylation sites (N-methyl/N-ethyl adjacent to an activating group) is 1. The van der Waals surface area contributed by atoms with Crippen molar-refractivity contribution in [1.82, 2.24) is 10.6 Å². The summed E-state index contributed by atoms with van der Waals surface area (Å²) >= 11 is 0. The van der Waals surface area contributed by atoms with Crippen molar-refractivity contribution >= 4 is 11.8 Å². The molecule has 0 saturated carbocycles. The van der Waals surface area contributed by atoms with Gasteiger partial charge in [-0.1, -0.05) is 25.3 Å². The van der Waals surface area contributed by atoms with E-state index in [1.807, 2.05) is 0 Å². The molecule has 2 amide bonds. The molecule has 0 unspecified atom stereocenters. The molecule has 2 N–H and O–H groups in total. The molecule has 0 aliphatic rings. The van der Waals surface area contributed by atoms with E-state index in [4.69, 9.17) is 0 Å². The molecule has 0 aromatic carbocycles. The van der Waals surface area contributed by atoms with E-state index in [0.29, 0.717) is 0 Å². The van der Waals surface area contributed by atoms with Crippen molar-refractivity contribution in [2.45, 2.75) is 12.5 Å². The van der Waals surface area contributed by atoms with Crippen LogP contribution in [0.15, 0.2) is 25.3 Å². The average molecular weight is 182 g/mol. The molecule has 0 spiro atoms. The quantitative estimate of drug-likeness (QED) is 0.600. The lowest BCUT2D eigenvalue weighted by Gasteiger charge is -2.25. The molecule has 0 aliphatic heterocycles. The van der Waals surface area contributed by atoms with Crippen LogP contribution in [0.4, 0.5) is 0 Å². The van der Waals surface area contributed by atoms with E-state index in [2.05, 4.69) is 23.8 Å². The zero-order valence-electron chi connectivity index (χ0n) is 7.89. The summed E-state index contributed by atoms with van der Waals surface area (Å²) in [5.41, 5.74) is -1.21. The third-order valence-corrected chi connectivity index (χ3v) is 1.63. The van der Waals surface area contributed by atoms with Crippen molar-refractivity contribution in [2.24, 2.45) is 0 Å². The normalized spacial score (nSPS) is 10.0. The van der Waals surface area contributed by atoms with Gasteiger partial charge in [-0.2, -0.15) is 0 Å². The van der Waals surface area contributed by atoms with Crippen LogP contribution in [0.25, 0.3) is 0 Å². The van der Waals surface area contributed by atoms with Gasteiger partial charge in [-0.15, -0.1) is 0 Å². The Kier molecular flexibility index (Phi) is 3.91. The van der Waals surface area contributed by atoms with Gasteiger partial charge in [0.05, 0.1) is 0 Å². The van der Waals surface area contributed by atoms with Crippen molar-refractivity contribution in [3.8, 4) is 0 Å². The molecule has 72 valence electrons. The third-order valence-electron chi connectivity index (χ3n) is 1.63. The van der Waals surface area contributed by atoms with Crippen LogP contribution in [0, 0.1) is 0 Å². The van der Waals surface area contributed by atoms with Crippen LogP contribution in [-0.4, -0.2) is 24.4 Å². The van der Waals surface area contributed by atoms with Gasteiger partial charge in [0, 0.05) is 14.0 Å². The topological polar surface area (TPSA) is 58.2 Å². The van der Waals surface area contributed by atoms with Crippen molar-refractivity contribution in [2.75, 3.05) is 7.05 Å². The van der Waals surface area contributed by atoms with Crippen molar-refractivity contribution in [3.63, 3.8) is 0 Å². The number of carbonyl (C=O) groups is 2. The Morgan fingerprint density at radius 3 is 2.00 bits per heavy atom. The fourth-order valence-electron chi connectivity index (χ4n) is 0.926. The van der Waals surface area contributed by atoms with Crippen molar-refractivity contribution in [3.05, 3.63) is 25.3 Å². The molecule has 4 nitrogen and oxygen atoms in total. The SMILES string of the molecule is C=CC(C=C)(NC(C)=O)C(=O)NC. The van der Waals surface area contributed by atoms with Gasteiger partial charge < -0.3 is 10.6 Å². The maximum absolute atomic E-state index is 11.4. The van der Waals surface area contributed by atoms with Crippen LogP contribution in [-0.2, 0) is 9.59 Å². The summed E-state index contributed by atoms with van der Waals surface area (Å²) in [5, 5.41) is 4.87. The van der Waals surface area contributed by atoms with Gasteiger partial charge >= 0.3 is 0 Å². The van der Waals surface area contributed by atoms with Gasteiger partial charge in [-0.25, -0.2) is 0 Å². The Bertz CT molecular complexity index is 238. The van der Waals surface area contributed by atoms with E-state index >= 15 is 0 Å². The van der Waals surface area contributed by atoms with Crippen LogP contribution in [0.2, 0.25) is 0 Å². The predicted molar refractivity (Wildman–Crippen MR) is 51.0 cm³/mol. The molecule has 0 aliphatic carbocycles. The summed E-state index contributed by atoms with van der Waals surface area (Å²) in [4.78, 5) is 22.2. The highest BCUT2D eigenvalue weighted by Crippen LogP contribution is 2.07. The molecule has 0 saturated heterocycles. The summed E-state index contributed by atoms with van der Waals surface area (Å²) in [6, 6.07) is 0. The van der Waals surface area contributed by atoms with E-state index in [0.717, 1.165) is 0 Å². The monoisotopic (exact) mass is 182 g/mol. The Balaban J connectivity index is 4.90. The number of amides is 2. The summed E-state index contributed by atoms with van der Waals surface area (Å²) in [5.74, 6) is -0.684. The Labute approximate surface area is 77.7 Å². The zero-order chi connectivity index (χ0) is 10.5. The largest absolute Gasteiger partial charge is 0.357 e. The lowest BCUT2D eigenvalue weighted by Crippen LogP contribution is -2.54. The van der Waals surface area contributed by atoms with Crippen LogP contribution < -0.4 is 10.6 Å². The van der Waals surface area contributed by atoms with Crippen LogP contribution in [0.3, 0.4) is 0 Å². The first-order valence-corrected chi connectivity index (χ1v) is 3.80. The minimum atomic E-state index is -1.21. The lowest BCUT2D eigenvalue weighted by molar-refractivity contribution is -0.129. The number of carbonyl (C=O) groups excluding carboxylic acids is 2. The molecule has 0 fully saturated rings. The number of hydrogen-bond acceptors (Lipinski definition) is 2. The summed E-state index contributed by atoms with van der Waals surface area (Å²) in [6.45, 7) is 8.28. The fraction of sp³-hybridized carbons (Fsp3) is 0.333. The third kappa shape index (κ3) is 2.43. The molecule has 0 atom stereocenters. The second-order valence-electron chi connectivity index (χ2n) is 2.54. The molecule has 0 rings (SSSR count). The summed E-state index contributed by atoms with van der Waals surface area (Å²) in [6.07, 6.45) is 2.67. The highest BCUT2D eigenvalue weighted by atomic mass is 16.2. The molecule has 4 heteroatoms. The first kappa shape index (κ1) is 11.4. The molecular weight excluding hydrogens is 168 g/mol. The van der Waals surface area contributed by atoms with Gasteiger partial charge in [0.25, 0.3) is 5.91 Å². The summed E-state index contributed by atoms with van der Waals surface area (Å²) < 4.78 is 0. The second kappa shape index (κ2) is 4.45. The second-order valence-corrected chi connectivity index (χ2v) is 2.54. The first-order valence-electron chi connectivity index (χ1n) is 3.80. The van der Waals surface area contributed by atoms with Crippen LogP contribution in [0.5, 0.6) is 0 Å². The van der Waals surface area contributed by atoms with Gasteiger partial charge in [0.2, 0.25) is 5.91 Å². The van der Waals surface area contributed by atoms with Crippen LogP contribution >= 0.6 is 0 Å². The summed E-state index contributed by atoms with van der Waals surface area (Å²) in [7, 11) is 1.48. The van der Waals surface area contributed by atoms with Gasteiger partial charge in [0.1, 0.15) is 0 Å². The zero-order valence-corrected chi connectivity index (χ0v) is 7.89. The maximum atomic E-state index is 11.4. The van der Waals surface area contributed by atoms with E-state index in [1.54, 1.807) is 0 Å². The molecular formula is C9H14N2O2. The highest BCUT2D eigenvalue weighted by Gasteiger charge is 2.31. The number of rotatable bonds is 4. The molecule has 0 radical (unpaired) electrons. The fourth-order valence-corrected chi connectivity index (χ4v) is 0.926. The minimum absolute atomic E-state index is 0.316. The molecule has 0 heterocycles. The Morgan fingerprint density at radius 1 is 1.31 bits per heavy atom. The average Bonchev–Trinajstić information content (AvgIpc) is 2.12. The number of nitrogens with one attached hydrogen (secondary N) is 2. The predicted octanol–water partition coefficient (Wildman–Crippen LogP) is -0.0207. The van der Waals surface area contributed by atoms with Crippen LogP contribution in [0.1, 0.15) is 6.92 Å². The molecule has 0 aromatic heterocycles. The van der Waals surface area contributed by atoms with E-state index in [1.165, 1.54) is 26.1 Å². The Morgan fingerprint density at radius 2 is 1.77 bits per heavy atom. The van der Waals surface area contributed by atoms with E-state index in [-0.39, 0.29) is 11.8 Å². The first-order chi connectivity index (χ1) is 6.02. The molecule has 0 bridgehead atoms. The van der Waals surface area contributed by atoms with Gasteiger partial charge in [0.15, 0.2) is 5.54 Å². The smallest absolute Gasteiger partial charge is 0.253 e.